The molecule has 0 aromatic heterocycles. The second kappa shape index (κ2) is 5.76. The maximum absolute atomic E-state index is 12.5. The first-order chi connectivity index (χ1) is 12.5. The van der Waals surface area contributed by atoms with Crippen molar-refractivity contribution in [2.45, 2.75) is 78.4 Å². The van der Waals surface area contributed by atoms with E-state index in [0.717, 1.165) is 19.3 Å². The zero-order valence-corrected chi connectivity index (χ0v) is 17.3. The highest BCUT2D eigenvalue weighted by Gasteiger charge is 2.70. The van der Waals surface area contributed by atoms with E-state index in [0.29, 0.717) is 18.8 Å². The molecule has 0 heterocycles. The van der Waals surface area contributed by atoms with Crippen LogP contribution in [0.1, 0.15) is 66.7 Å². The highest BCUT2D eigenvalue weighted by Crippen LogP contribution is 2.69. The Kier molecular flexibility index (Phi) is 4.12. The lowest BCUT2D eigenvalue weighted by Gasteiger charge is -2.61. The van der Waals surface area contributed by atoms with E-state index in [4.69, 9.17) is 0 Å². The fourth-order valence-electron chi connectivity index (χ4n) is 8.20. The van der Waals surface area contributed by atoms with Crippen LogP contribution in [0.3, 0.4) is 0 Å². The van der Waals surface area contributed by atoms with Crippen molar-refractivity contribution >= 4 is 11.6 Å². The Morgan fingerprint density at radius 1 is 1.22 bits per heavy atom. The second-order valence-electron chi connectivity index (χ2n) is 10.6. The van der Waals surface area contributed by atoms with Gasteiger partial charge in [0.25, 0.3) is 0 Å². The van der Waals surface area contributed by atoms with E-state index >= 15 is 0 Å². The van der Waals surface area contributed by atoms with E-state index in [9.17, 15) is 19.8 Å². The van der Waals surface area contributed by atoms with Gasteiger partial charge in [0, 0.05) is 11.8 Å². The molecular formula is C23H34O4. The molecule has 0 radical (unpaired) electrons. The zero-order chi connectivity index (χ0) is 19.9. The summed E-state index contributed by atoms with van der Waals surface area (Å²) in [5.74, 6) is 0.869. The summed E-state index contributed by atoms with van der Waals surface area (Å²) in [6, 6.07) is 0. The van der Waals surface area contributed by atoms with Gasteiger partial charge in [-0.05, 0) is 73.7 Å². The summed E-state index contributed by atoms with van der Waals surface area (Å²) < 4.78 is 0. The molecule has 4 rings (SSSR count). The molecule has 0 spiro atoms. The molecule has 0 unspecified atom stereocenters. The summed E-state index contributed by atoms with van der Waals surface area (Å²) >= 11 is 0. The number of Topliss-reactive ketones (excluding diaryl/α,β-unsaturated/α-hetero) is 1. The van der Waals surface area contributed by atoms with Crippen molar-refractivity contribution in [2.75, 3.05) is 0 Å². The number of allylic oxidation sites excluding steroid dienone is 1. The van der Waals surface area contributed by atoms with E-state index in [1.807, 2.05) is 19.9 Å². The van der Waals surface area contributed by atoms with Crippen LogP contribution in [0.5, 0.6) is 0 Å². The molecule has 3 saturated carbocycles. The van der Waals surface area contributed by atoms with Gasteiger partial charge in [-0.1, -0.05) is 33.3 Å². The first kappa shape index (κ1) is 19.3. The molecule has 2 N–H and O–H groups in total. The predicted octanol–water partition coefficient (Wildman–Crippen LogP) is 3.30. The first-order valence-corrected chi connectivity index (χ1v) is 10.6. The minimum absolute atomic E-state index is 0.0936. The van der Waals surface area contributed by atoms with Crippen LogP contribution < -0.4 is 0 Å². The van der Waals surface area contributed by atoms with Crippen LogP contribution in [-0.4, -0.2) is 33.5 Å². The standard InChI is InChI=1S/C23H34O4/c1-12-8-16-18-9-13(2)23(27,14(3)24)22(18,5)11-19(26)20(16)21(4)7-6-15(25)10-17(12)21/h10,12-13,16,18-20,26-27H,6-9,11H2,1-5H3/t12-,13+,16-,18-,19-,20+,21-,22-,23-/m0/s1. The SMILES string of the molecule is CC(=O)[C@@]1(O)[C@H](C)C[C@H]2[C@@H]3C[C@H](C)C4=CC(=O)CC[C@]4(C)[C@H]3[C@@H](O)C[C@@]21C. The number of aliphatic hydroxyl groups is 2. The predicted molar refractivity (Wildman–Crippen MR) is 103 cm³/mol. The highest BCUT2D eigenvalue weighted by atomic mass is 16.3. The van der Waals surface area contributed by atoms with E-state index in [2.05, 4.69) is 13.8 Å². The van der Waals surface area contributed by atoms with Gasteiger partial charge >= 0.3 is 0 Å². The summed E-state index contributed by atoms with van der Waals surface area (Å²) in [7, 11) is 0. The Morgan fingerprint density at radius 3 is 2.52 bits per heavy atom. The van der Waals surface area contributed by atoms with Crippen LogP contribution in [0.15, 0.2) is 11.6 Å². The quantitative estimate of drug-likeness (QED) is 0.738. The van der Waals surface area contributed by atoms with Crippen molar-refractivity contribution in [3.63, 3.8) is 0 Å². The summed E-state index contributed by atoms with van der Waals surface area (Å²) in [6.07, 6.45) is 4.88. The average Bonchev–Trinajstić information content (AvgIpc) is 2.78. The maximum atomic E-state index is 12.5. The monoisotopic (exact) mass is 374 g/mol. The van der Waals surface area contributed by atoms with E-state index in [1.165, 1.54) is 12.5 Å². The Labute approximate surface area is 162 Å². The Hall–Kier alpha value is -1.00. The van der Waals surface area contributed by atoms with Gasteiger partial charge < -0.3 is 10.2 Å². The molecule has 0 bridgehead atoms. The summed E-state index contributed by atoms with van der Waals surface area (Å²) in [4.78, 5) is 24.6. The van der Waals surface area contributed by atoms with Gasteiger partial charge in [0.2, 0.25) is 0 Å². The minimum atomic E-state index is -1.35. The molecule has 0 aliphatic heterocycles. The fourth-order valence-corrected chi connectivity index (χ4v) is 8.20. The molecule has 3 fully saturated rings. The number of aliphatic hydroxyl groups excluding tert-OH is 1. The van der Waals surface area contributed by atoms with Crippen LogP contribution in [0.25, 0.3) is 0 Å². The topological polar surface area (TPSA) is 74.6 Å². The molecule has 27 heavy (non-hydrogen) atoms. The van der Waals surface area contributed by atoms with Crippen molar-refractivity contribution in [1.29, 1.82) is 0 Å². The molecule has 150 valence electrons. The smallest absolute Gasteiger partial charge is 0.162 e. The van der Waals surface area contributed by atoms with Gasteiger partial charge in [-0.15, -0.1) is 0 Å². The van der Waals surface area contributed by atoms with Gasteiger partial charge in [-0.2, -0.15) is 0 Å². The Morgan fingerprint density at radius 2 is 1.89 bits per heavy atom. The third-order valence-corrected chi connectivity index (χ3v) is 9.33. The molecule has 0 amide bonds. The third kappa shape index (κ3) is 2.23. The molecule has 0 saturated heterocycles. The normalized spacial score (nSPS) is 54.6. The van der Waals surface area contributed by atoms with E-state index < -0.39 is 17.1 Å². The fraction of sp³-hybridized carbons (Fsp3) is 0.826. The molecule has 4 aliphatic carbocycles. The van der Waals surface area contributed by atoms with Crippen LogP contribution in [0.4, 0.5) is 0 Å². The van der Waals surface area contributed by atoms with Crippen molar-refractivity contribution in [2.24, 2.45) is 40.4 Å². The number of ketones is 2. The number of carbonyl (C=O) groups is 2. The minimum Gasteiger partial charge on any atom is -0.393 e. The van der Waals surface area contributed by atoms with Crippen LogP contribution in [-0.2, 0) is 9.59 Å². The lowest BCUT2D eigenvalue weighted by Crippen LogP contribution is -2.62. The van der Waals surface area contributed by atoms with Gasteiger partial charge in [-0.25, -0.2) is 0 Å². The lowest BCUT2D eigenvalue weighted by molar-refractivity contribution is -0.186. The molecular weight excluding hydrogens is 340 g/mol. The lowest BCUT2D eigenvalue weighted by atomic mass is 9.44. The third-order valence-electron chi connectivity index (χ3n) is 9.33. The van der Waals surface area contributed by atoms with E-state index in [-0.39, 0.29) is 40.7 Å². The Balaban J connectivity index is 1.81. The van der Waals surface area contributed by atoms with Crippen LogP contribution in [0.2, 0.25) is 0 Å². The van der Waals surface area contributed by atoms with Crippen molar-refractivity contribution in [3.8, 4) is 0 Å². The highest BCUT2D eigenvalue weighted by molar-refractivity contribution is 5.91. The first-order valence-electron chi connectivity index (χ1n) is 10.6. The molecule has 0 aromatic rings. The number of carbonyl (C=O) groups excluding carboxylic acids is 2. The summed E-state index contributed by atoms with van der Waals surface area (Å²) in [5.41, 5.74) is -0.875. The van der Waals surface area contributed by atoms with Crippen molar-refractivity contribution in [3.05, 3.63) is 11.6 Å². The van der Waals surface area contributed by atoms with Crippen LogP contribution >= 0.6 is 0 Å². The van der Waals surface area contributed by atoms with Crippen LogP contribution in [0, 0.1) is 40.4 Å². The van der Waals surface area contributed by atoms with Gasteiger partial charge in [-0.3, -0.25) is 9.59 Å². The molecule has 0 aromatic carbocycles. The van der Waals surface area contributed by atoms with Crippen molar-refractivity contribution in [1.82, 2.24) is 0 Å². The second-order valence-corrected chi connectivity index (χ2v) is 10.6. The summed E-state index contributed by atoms with van der Waals surface area (Å²) in [6.45, 7) is 9.96. The number of rotatable bonds is 1. The van der Waals surface area contributed by atoms with Crippen molar-refractivity contribution < 1.29 is 19.8 Å². The van der Waals surface area contributed by atoms with Gasteiger partial charge in [0.15, 0.2) is 11.6 Å². The summed E-state index contributed by atoms with van der Waals surface area (Å²) in [5, 5.41) is 22.8. The number of fused-ring (bicyclic) bond motifs is 5. The molecule has 4 aliphatic rings. The Bertz CT molecular complexity index is 726. The maximum Gasteiger partial charge on any atom is 0.162 e. The molecule has 4 nitrogen and oxygen atoms in total. The number of hydrogen-bond donors (Lipinski definition) is 2. The molecule has 9 atom stereocenters. The zero-order valence-electron chi connectivity index (χ0n) is 17.3. The van der Waals surface area contributed by atoms with E-state index in [1.54, 1.807) is 0 Å². The largest absolute Gasteiger partial charge is 0.393 e. The van der Waals surface area contributed by atoms with Gasteiger partial charge in [0.1, 0.15) is 5.60 Å². The average molecular weight is 375 g/mol. The number of hydrogen-bond acceptors (Lipinski definition) is 4. The van der Waals surface area contributed by atoms with Gasteiger partial charge in [0.05, 0.1) is 6.10 Å². The molecule has 4 heteroatoms.